The highest BCUT2D eigenvalue weighted by Crippen LogP contribution is 2.42. The van der Waals surface area contributed by atoms with Gasteiger partial charge in [0.25, 0.3) is 5.91 Å². The first-order valence-electron chi connectivity index (χ1n) is 17.5. The molecule has 2 fully saturated rings. The van der Waals surface area contributed by atoms with Crippen molar-refractivity contribution in [2.24, 2.45) is 22.1 Å². The Kier molecular flexibility index (Phi) is 11.5. The maximum Gasteiger partial charge on any atom is 0.329 e. The zero-order valence-corrected chi connectivity index (χ0v) is 30.3. The predicted octanol–water partition coefficient (Wildman–Crippen LogP) is 6.65. The summed E-state index contributed by atoms with van der Waals surface area (Å²) in [7, 11) is -0.116. The Morgan fingerprint density at radius 2 is 1.92 bits per heavy atom. The largest absolute Gasteiger partial charge is 0.491 e. The van der Waals surface area contributed by atoms with Gasteiger partial charge in [0.1, 0.15) is 15.7 Å². The minimum Gasteiger partial charge on any atom is -0.491 e. The van der Waals surface area contributed by atoms with Crippen LogP contribution in [0.25, 0.3) is 0 Å². The van der Waals surface area contributed by atoms with Crippen LogP contribution in [0.2, 0.25) is 5.02 Å². The molecule has 1 saturated heterocycles. The van der Waals surface area contributed by atoms with Crippen molar-refractivity contribution < 1.29 is 28.0 Å². The van der Waals surface area contributed by atoms with Crippen LogP contribution in [0.5, 0.6) is 5.75 Å². The van der Waals surface area contributed by atoms with E-state index >= 15 is 0 Å². The predicted molar refractivity (Wildman–Crippen MR) is 193 cm³/mol. The van der Waals surface area contributed by atoms with Gasteiger partial charge in [-0.1, -0.05) is 36.7 Å². The van der Waals surface area contributed by atoms with Crippen LogP contribution in [0.4, 0.5) is 10.5 Å². The lowest BCUT2D eigenvalue weighted by molar-refractivity contribution is 0.0133. The Hall–Kier alpha value is -3.12. The molecule has 6 rings (SSSR count). The molecule has 1 unspecified atom stereocenters. The molecule has 2 aromatic carbocycles. The Balaban J connectivity index is 1.42. The Morgan fingerprint density at radius 1 is 1.06 bits per heavy atom. The molecule has 2 aromatic rings. The highest BCUT2D eigenvalue weighted by molar-refractivity contribution is 7.92. The Morgan fingerprint density at radius 3 is 2.67 bits per heavy atom. The van der Waals surface area contributed by atoms with E-state index in [1.807, 2.05) is 25.1 Å². The van der Waals surface area contributed by atoms with E-state index in [1.54, 1.807) is 25.2 Å². The van der Waals surface area contributed by atoms with Gasteiger partial charge in [-0.25, -0.2) is 9.00 Å². The van der Waals surface area contributed by atoms with E-state index in [0.29, 0.717) is 62.2 Å². The van der Waals surface area contributed by atoms with Gasteiger partial charge in [0.15, 0.2) is 0 Å². The van der Waals surface area contributed by atoms with Crippen molar-refractivity contribution in [2.45, 2.75) is 70.6 Å². The number of urea groups is 1. The van der Waals surface area contributed by atoms with Crippen LogP contribution in [0.15, 0.2) is 52.9 Å². The number of aryl methyl sites for hydroxylation is 1. The second-order valence-electron chi connectivity index (χ2n) is 14.0. The third kappa shape index (κ3) is 8.61. The zero-order valence-electron chi connectivity index (χ0n) is 28.8. The third-order valence-electron chi connectivity index (χ3n) is 10.4. The molecule has 0 radical (unpaired) electrons. The molecule has 10 nitrogen and oxygen atoms in total. The number of nitrogens with one attached hydrogen (secondary N) is 1. The van der Waals surface area contributed by atoms with Gasteiger partial charge in [0, 0.05) is 51.0 Å². The first-order chi connectivity index (χ1) is 23.6. The molecule has 3 aliphatic heterocycles. The van der Waals surface area contributed by atoms with Crippen LogP contribution in [-0.4, -0.2) is 79.5 Å². The number of ether oxygens (including phenoxy) is 3. The number of carbonyl (C=O) groups is 2. The molecule has 49 heavy (non-hydrogen) atoms. The van der Waals surface area contributed by atoms with Gasteiger partial charge in [-0.15, -0.1) is 4.36 Å². The summed E-state index contributed by atoms with van der Waals surface area (Å²) in [4.78, 5) is 31.2. The second-order valence-corrected chi connectivity index (χ2v) is 16.4. The lowest BCUT2D eigenvalue weighted by Gasteiger charge is -2.43. The first kappa shape index (κ1) is 35.7. The number of hydrogen-bond donors (Lipinski definition) is 1. The van der Waals surface area contributed by atoms with Crippen molar-refractivity contribution >= 4 is 39.1 Å². The monoisotopic (exact) mass is 712 g/mol. The minimum absolute atomic E-state index is 0.0274. The zero-order chi connectivity index (χ0) is 34.5. The normalized spacial score (nSPS) is 30.0. The summed E-state index contributed by atoms with van der Waals surface area (Å²) >= 11 is 6.46. The fourth-order valence-corrected chi connectivity index (χ4v) is 9.56. The van der Waals surface area contributed by atoms with E-state index in [-0.39, 0.29) is 23.9 Å². The van der Waals surface area contributed by atoms with Gasteiger partial charge < -0.3 is 24.0 Å². The number of benzene rings is 2. The highest BCUT2D eigenvalue weighted by Gasteiger charge is 2.38. The molecular formula is C37H49ClN4O6S. The van der Waals surface area contributed by atoms with Crippen molar-refractivity contribution in [1.82, 2.24) is 9.62 Å². The molecule has 12 heteroatoms. The molecule has 3 heterocycles. The molecule has 3 amide bonds. The molecule has 0 aromatic heterocycles. The van der Waals surface area contributed by atoms with Crippen molar-refractivity contribution in [2.75, 3.05) is 51.1 Å². The van der Waals surface area contributed by atoms with Crippen LogP contribution in [-0.2, 0) is 32.4 Å². The minimum atomic E-state index is -3.49. The lowest BCUT2D eigenvalue weighted by Crippen LogP contribution is -2.44. The Labute approximate surface area is 295 Å². The van der Waals surface area contributed by atoms with Crippen molar-refractivity contribution in [3.8, 4) is 5.75 Å². The number of hydrogen-bond acceptors (Lipinski definition) is 7. The van der Waals surface area contributed by atoms with Gasteiger partial charge in [-0.2, -0.15) is 0 Å². The topological polar surface area (TPSA) is 110 Å². The molecule has 1 saturated carbocycles. The number of halogens is 1. The number of carbonyl (C=O) groups excluding carboxylic acids is 2. The molecule has 2 bridgehead atoms. The molecular weight excluding hydrogens is 664 g/mol. The number of nitrogens with zero attached hydrogens (tertiary/aromatic N) is 3. The number of likely N-dealkylation sites (tertiary alicyclic amines) is 1. The maximum atomic E-state index is 14.5. The van der Waals surface area contributed by atoms with Gasteiger partial charge in [-0.3, -0.25) is 9.52 Å². The van der Waals surface area contributed by atoms with E-state index in [9.17, 15) is 13.8 Å². The van der Waals surface area contributed by atoms with Crippen molar-refractivity contribution in [1.29, 1.82) is 0 Å². The van der Waals surface area contributed by atoms with Crippen LogP contribution in [0, 0.1) is 17.8 Å². The summed E-state index contributed by atoms with van der Waals surface area (Å²) in [5.74, 6) is 0.657. The summed E-state index contributed by atoms with van der Waals surface area (Å²) in [6.07, 6.45) is 10.2. The van der Waals surface area contributed by atoms with Gasteiger partial charge in [-0.05, 0) is 104 Å². The van der Waals surface area contributed by atoms with Crippen molar-refractivity contribution in [3.05, 3.63) is 70.3 Å². The number of methoxy groups -OCH3 is 2. The number of rotatable bonds is 3. The molecule has 1 N–H and O–H groups in total. The molecule has 266 valence electrons. The summed E-state index contributed by atoms with van der Waals surface area (Å²) < 4.78 is 39.3. The molecule has 0 spiro atoms. The van der Waals surface area contributed by atoms with Gasteiger partial charge in [0.05, 0.1) is 30.3 Å². The number of allylic oxidation sites excluding steroid dienone is 1. The number of amides is 3. The average Bonchev–Trinajstić information content (AvgIpc) is 3.54. The third-order valence-corrected chi connectivity index (χ3v) is 12.6. The fraction of sp³-hybridized carbons (Fsp3) is 0.568. The van der Waals surface area contributed by atoms with E-state index in [0.717, 1.165) is 49.4 Å². The van der Waals surface area contributed by atoms with Crippen LogP contribution in [0.3, 0.4) is 0 Å². The lowest BCUT2D eigenvalue weighted by atomic mass is 9.70. The fourth-order valence-electron chi connectivity index (χ4n) is 7.48. The summed E-state index contributed by atoms with van der Waals surface area (Å²) in [5.41, 5.74) is 3.48. The van der Waals surface area contributed by atoms with Gasteiger partial charge in [0.2, 0.25) is 0 Å². The van der Waals surface area contributed by atoms with E-state index in [4.69, 9.17) is 25.8 Å². The second kappa shape index (κ2) is 15.8. The van der Waals surface area contributed by atoms with Crippen LogP contribution < -0.4 is 14.4 Å². The number of anilines is 1. The standard InChI is InChI=1S/C37H49ClN4O6S/c1-25-7-6-9-34(47-3)32-14-11-29(32)22-42-21-28-10-13-30(38)19-26(28)8-4-5-18-48-35-15-12-27(20-33(35)42)36(43)39-49(45,24-25)40-37(44)41-17-16-31(23-41)46-2/h6,9-10,12-13,15,19-20,25,29,31-32,34H,4-5,7-8,11,14,16-18,21-24H2,1-3H3,(H,39,40,43,44,45)/b9-6+/t25-,29-,31+,32+,34-,49?/m0/s1. The van der Waals surface area contributed by atoms with E-state index in [1.165, 1.54) is 11.1 Å². The average molecular weight is 713 g/mol. The summed E-state index contributed by atoms with van der Waals surface area (Å²) in [5, 5.41) is 0.717. The van der Waals surface area contributed by atoms with Gasteiger partial charge >= 0.3 is 6.03 Å². The SMILES string of the molecule is CO[C@@H]1CCN(C(=O)NS2(=O)=NC(=O)c3ccc4c(c3)N(Cc3ccc(Cl)cc3CCCCO4)C[C@@H]3CC[C@H]3[C@@H](OC)/C=C/C[C@H](C)C2)C1. The maximum absolute atomic E-state index is 14.5. The Bertz CT molecular complexity index is 1680. The van der Waals surface area contributed by atoms with E-state index in [2.05, 4.69) is 38.3 Å². The first-order valence-corrected chi connectivity index (χ1v) is 19.6. The molecule has 4 aliphatic rings. The highest BCUT2D eigenvalue weighted by atomic mass is 35.5. The molecule has 6 atom stereocenters. The quantitative estimate of drug-likeness (QED) is 0.355. The molecule has 1 aliphatic carbocycles. The van der Waals surface area contributed by atoms with Crippen molar-refractivity contribution in [3.63, 3.8) is 0 Å². The van der Waals surface area contributed by atoms with E-state index < -0.39 is 21.9 Å². The van der Waals surface area contributed by atoms with Crippen LogP contribution >= 0.6 is 11.6 Å². The van der Waals surface area contributed by atoms with Crippen LogP contribution in [0.1, 0.15) is 66.9 Å². The summed E-state index contributed by atoms with van der Waals surface area (Å²) in [6, 6.07) is 10.9. The smallest absolute Gasteiger partial charge is 0.329 e. The number of fused-ring (bicyclic) bond motifs is 3. The summed E-state index contributed by atoms with van der Waals surface area (Å²) in [6.45, 7) is 4.71.